The number of hydrogen-bond donors (Lipinski definition) is 0. The Morgan fingerprint density at radius 2 is 2.23 bits per heavy atom. The zero-order valence-electron chi connectivity index (χ0n) is 8.57. The second-order valence-corrected chi connectivity index (χ2v) is 3.18. The van der Waals surface area contributed by atoms with Gasteiger partial charge in [0, 0.05) is 19.7 Å². The highest BCUT2D eigenvalue weighted by molar-refractivity contribution is 6.18. The smallest absolute Gasteiger partial charge is 0.152 e. The lowest BCUT2D eigenvalue weighted by Gasteiger charge is -2.06. The summed E-state index contributed by atoms with van der Waals surface area (Å²) < 4.78 is 0. The third kappa shape index (κ3) is 2.28. The second-order valence-electron chi connectivity index (χ2n) is 3.18. The Balaban J connectivity index is 2.89. The van der Waals surface area contributed by atoms with Gasteiger partial charge in [0.05, 0.1) is 6.21 Å². The Morgan fingerprint density at radius 3 is 2.77 bits per heavy atom. The number of aliphatic imine (C=N–C) groups is 1. The lowest BCUT2D eigenvalue weighted by Crippen LogP contribution is -2.16. The van der Waals surface area contributed by atoms with Crippen LogP contribution in [0.5, 0.6) is 0 Å². The quantitative estimate of drug-likeness (QED) is 0.600. The molecule has 0 N–H and O–H groups in total. The molecule has 0 saturated heterocycles. The van der Waals surface area contributed by atoms with Gasteiger partial charge in [0.2, 0.25) is 0 Å². The molecule has 1 aliphatic heterocycles. The molecule has 70 valence electrons. The van der Waals surface area contributed by atoms with Gasteiger partial charge in [-0.15, -0.1) is 0 Å². The summed E-state index contributed by atoms with van der Waals surface area (Å²) in [6.07, 6.45) is 5.91. The third-order valence-electron chi connectivity index (χ3n) is 1.74. The van der Waals surface area contributed by atoms with Crippen molar-refractivity contribution < 1.29 is 0 Å². The summed E-state index contributed by atoms with van der Waals surface area (Å²) in [5.41, 5.74) is 2.33. The molecule has 0 aliphatic carbocycles. The molecule has 0 atom stereocenters. The lowest BCUT2D eigenvalue weighted by atomic mass is 10.2. The summed E-state index contributed by atoms with van der Waals surface area (Å²) in [5, 5.41) is 5.90. The molecule has 0 bridgehead atoms. The molecular weight excluding hydrogens is 162 g/mol. The predicted molar refractivity (Wildman–Crippen MR) is 57.1 cm³/mol. The Kier molecular flexibility index (Phi) is 3.01. The number of nitrogens with zero attached hydrogens (tertiary/aromatic N) is 3. The fourth-order valence-corrected chi connectivity index (χ4v) is 1.10. The molecule has 3 heteroatoms. The fourth-order valence-electron chi connectivity index (χ4n) is 1.10. The van der Waals surface area contributed by atoms with E-state index in [1.54, 1.807) is 12.1 Å². The van der Waals surface area contributed by atoms with E-state index in [9.17, 15) is 0 Å². The molecule has 1 heterocycles. The molecule has 0 unspecified atom stereocenters. The summed E-state index contributed by atoms with van der Waals surface area (Å²) in [7, 11) is 3.67. The first kappa shape index (κ1) is 9.71. The molecule has 0 aromatic rings. The molecule has 0 aromatic heterocycles. The van der Waals surface area contributed by atoms with Gasteiger partial charge >= 0.3 is 0 Å². The van der Waals surface area contributed by atoms with E-state index in [0.717, 1.165) is 11.4 Å². The van der Waals surface area contributed by atoms with Crippen LogP contribution in [0.4, 0.5) is 0 Å². The van der Waals surface area contributed by atoms with Gasteiger partial charge in [0.25, 0.3) is 0 Å². The molecule has 0 fully saturated rings. The van der Waals surface area contributed by atoms with Crippen LogP contribution in [0.15, 0.2) is 33.4 Å². The zero-order valence-corrected chi connectivity index (χ0v) is 8.57. The average molecular weight is 177 g/mol. The highest BCUT2D eigenvalue weighted by atomic mass is 15.5. The molecule has 3 nitrogen and oxygen atoms in total. The van der Waals surface area contributed by atoms with E-state index in [-0.39, 0.29) is 0 Å². The molecule has 0 saturated carbocycles. The third-order valence-corrected chi connectivity index (χ3v) is 1.74. The first-order chi connectivity index (χ1) is 6.15. The summed E-state index contributed by atoms with van der Waals surface area (Å²) in [5.74, 6) is 0.914. The number of rotatable bonds is 1. The van der Waals surface area contributed by atoms with Gasteiger partial charge in [-0.1, -0.05) is 11.6 Å². The Bertz CT molecular complexity index is 304. The van der Waals surface area contributed by atoms with Gasteiger partial charge in [-0.3, -0.25) is 10.0 Å². The molecule has 0 spiro atoms. The van der Waals surface area contributed by atoms with Crippen LogP contribution in [0.3, 0.4) is 0 Å². The monoisotopic (exact) mass is 177 g/mol. The van der Waals surface area contributed by atoms with Crippen LogP contribution in [0.2, 0.25) is 0 Å². The maximum atomic E-state index is 4.15. The van der Waals surface area contributed by atoms with Crippen molar-refractivity contribution >= 4 is 12.1 Å². The highest BCUT2D eigenvalue weighted by Gasteiger charge is 2.14. The average Bonchev–Trinajstić information content (AvgIpc) is 2.42. The largest absolute Gasteiger partial charge is 0.270 e. The topological polar surface area (TPSA) is 28.0 Å². The van der Waals surface area contributed by atoms with E-state index in [1.807, 2.05) is 19.3 Å². The van der Waals surface area contributed by atoms with E-state index in [2.05, 4.69) is 30.0 Å². The SMILES string of the molecule is C/N=C1\C(=C/C=C(C)C)C=NN1C. The minimum Gasteiger partial charge on any atom is -0.270 e. The predicted octanol–water partition coefficient (Wildman–Crippen LogP) is 1.84. The molecule has 0 aromatic carbocycles. The van der Waals surface area contributed by atoms with Gasteiger partial charge in [-0.05, 0) is 19.9 Å². The Labute approximate surface area is 79.2 Å². The molecular formula is C10H15N3. The Hall–Kier alpha value is -1.38. The zero-order chi connectivity index (χ0) is 9.84. The van der Waals surface area contributed by atoms with Crippen LogP contribution in [-0.4, -0.2) is 31.2 Å². The van der Waals surface area contributed by atoms with Crippen LogP contribution in [-0.2, 0) is 0 Å². The van der Waals surface area contributed by atoms with Crippen molar-refractivity contribution in [3.8, 4) is 0 Å². The molecule has 0 amide bonds. The number of hydrogen-bond acceptors (Lipinski definition) is 2. The van der Waals surface area contributed by atoms with Crippen LogP contribution in [0.1, 0.15) is 13.8 Å². The second kappa shape index (κ2) is 4.03. The highest BCUT2D eigenvalue weighted by Crippen LogP contribution is 2.08. The van der Waals surface area contributed by atoms with E-state index in [0.29, 0.717) is 0 Å². The van der Waals surface area contributed by atoms with Gasteiger partial charge in [0.15, 0.2) is 5.84 Å². The summed E-state index contributed by atoms with van der Waals surface area (Å²) >= 11 is 0. The standard InChI is InChI=1S/C10H15N3/c1-8(2)5-6-9-7-12-13(4)10(9)11-3/h5-7H,1-4H3/b9-6-,11-10+. The van der Waals surface area contributed by atoms with Gasteiger partial charge in [0.1, 0.15) is 0 Å². The number of amidine groups is 1. The van der Waals surface area contributed by atoms with E-state index >= 15 is 0 Å². The van der Waals surface area contributed by atoms with Crippen LogP contribution in [0, 0.1) is 0 Å². The van der Waals surface area contributed by atoms with Crippen molar-refractivity contribution in [1.29, 1.82) is 0 Å². The number of allylic oxidation sites excluding steroid dienone is 3. The summed E-state index contributed by atoms with van der Waals surface area (Å²) in [6, 6.07) is 0. The van der Waals surface area contributed by atoms with Crippen molar-refractivity contribution in [3.63, 3.8) is 0 Å². The van der Waals surface area contributed by atoms with Crippen LogP contribution in [0.25, 0.3) is 0 Å². The van der Waals surface area contributed by atoms with Crippen LogP contribution < -0.4 is 0 Å². The maximum absolute atomic E-state index is 4.15. The number of hydrazone groups is 1. The molecule has 0 radical (unpaired) electrons. The van der Waals surface area contributed by atoms with Crippen LogP contribution >= 0.6 is 0 Å². The van der Waals surface area contributed by atoms with E-state index < -0.39 is 0 Å². The summed E-state index contributed by atoms with van der Waals surface area (Å²) in [6.45, 7) is 4.13. The van der Waals surface area contributed by atoms with Gasteiger partial charge in [-0.25, -0.2) is 0 Å². The number of likely N-dealkylation sites (N-methyl/N-ethyl adjacent to an activating group) is 1. The normalized spacial score (nSPS) is 21.7. The van der Waals surface area contributed by atoms with E-state index in [1.165, 1.54) is 5.57 Å². The van der Waals surface area contributed by atoms with E-state index in [4.69, 9.17) is 0 Å². The first-order valence-corrected chi connectivity index (χ1v) is 4.25. The minimum atomic E-state index is 0.914. The molecule has 1 aliphatic rings. The summed E-state index contributed by atoms with van der Waals surface area (Å²) in [4.78, 5) is 4.15. The molecule has 13 heavy (non-hydrogen) atoms. The minimum absolute atomic E-state index is 0.914. The van der Waals surface area contributed by atoms with Crippen molar-refractivity contribution in [3.05, 3.63) is 23.3 Å². The maximum Gasteiger partial charge on any atom is 0.152 e. The fraction of sp³-hybridized carbons (Fsp3) is 0.400. The lowest BCUT2D eigenvalue weighted by molar-refractivity contribution is 0.560. The molecule has 1 rings (SSSR count). The Morgan fingerprint density at radius 1 is 1.54 bits per heavy atom. The van der Waals surface area contributed by atoms with Crippen molar-refractivity contribution in [2.45, 2.75) is 13.8 Å². The first-order valence-electron chi connectivity index (χ1n) is 4.25. The van der Waals surface area contributed by atoms with Gasteiger partial charge in [-0.2, -0.15) is 5.10 Å². The van der Waals surface area contributed by atoms with Gasteiger partial charge < -0.3 is 0 Å². The van der Waals surface area contributed by atoms with Crippen molar-refractivity contribution in [1.82, 2.24) is 5.01 Å². The van der Waals surface area contributed by atoms with Crippen molar-refractivity contribution in [2.75, 3.05) is 14.1 Å². The van der Waals surface area contributed by atoms with Crippen molar-refractivity contribution in [2.24, 2.45) is 10.1 Å².